The summed E-state index contributed by atoms with van der Waals surface area (Å²) in [4.78, 5) is 4.05. The predicted octanol–water partition coefficient (Wildman–Crippen LogP) is -0.111. The Bertz CT molecular complexity index is 245. The number of hydrogen-bond donors (Lipinski definition) is 3. The molecule has 2 heterocycles. The number of anilines is 1. The van der Waals surface area contributed by atoms with Gasteiger partial charge in [0.25, 0.3) is 0 Å². The van der Waals surface area contributed by atoms with E-state index in [1.807, 2.05) is 5.38 Å². The Hall–Kier alpha value is -0.650. The molecule has 1 aliphatic heterocycles. The first kappa shape index (κ1) is 7.97. The molecule has 1 aromatic rings. The molecule has 0 radical (unpaired) electrons. The molecule has 5 heteroatoms. The molecule has 0 unspecified atom stereocenters. The van der Waals surface area contributed by atoms with Gasteiger partial charge in [-0.05, 0) is 0 Å². The first-order valence-electron chi connectivity index (χ1n) is 3.85. The van der Waals surface area contributed by atoms with E-state index in [9.17, 15) is 5.11 Å². The summed E-state index contributed by atoms with van der Waals surface area (Å²) in [5.74, 6) is 0. The summed E-state index contributed by atoms with van der Waals surface area (Å²) < 4.78 is 0. The van der Waals surface area contributed by atoms with Crippen molar-refractivity contribution in [3.8, 4) is 0 Å². The van der Waals surface area contributed by atoms with Crippen LogP contribution in [0, 0.1) is 0 Å². The van der Waals surface area contributed by atoms with Gasteiger partial charge < -0.3 is 15.7 Å². The monoisotopic (exact) mass is 185 g/mol. The molecule has 66 valence electrons. The van der Waals surface area contributed by atoms with E-state index in [1.165, 1.54) is 0 Å². The molecule has 1 aliphatic rings. The molecule has 1 saturated heterocycles. The van der Waals surface area contributed by atoms with Crippen molar-refractivity contribution in [1.82, 2.24) is 10.3 Å². The summed E-state index contributed by atoms with van der Waals surface area (Å²) in [6, 6.07) is 0. The number of β-amino-alcohol motifs (C(OH)–C–C–N with tert-alkyl or cyclic N) is 1. The third-order valence-electron chi connectivity index (χ3n) is 1.91. The number of thiazole rings is 1. The van der Waals surface area contributed by atoms with Crippen molar-refractivity contribution in [1.29, 1.82) is 0 Å². The molecule has 0 spiro atoms. The summed E-state index contributed by atoms with van der Waals surface area (Å²) in [7, 11) is 0. The summed E-state index contributed by atoms with van der Waals surface area (Å²) in [5.41, 5.74) is -0.564. The number of hydrogen-bond acceptors (Lipinski definition) is 5. The van der Waals surface area contributed by atoms with Crippen molar-refractivity contribution in [3.05, 3.63) is 11.6 Å². The molecule has 0 amide bonds. The molecule has 0 aromatic carbocycles. The third kappa shape index (κ3) is 1.57. The zero-order chi connectivity index (χ0) is 8.44. The lowest BCUT2D eigenvalue weighted by Crippen LogP contribution is -2.62. The molecule has 3 N–H and O–H groups in total. The van der Waals surface area contributed by atoms with E-state index < -0.39 is 5.60 Å². The summed E-state index contributed by atoms with van der Waals surface area (Å²) >= 11 is 1.54. The molecular weight excluding hydrogens is 174 g/mol. The van der Waals surface area contributed by atoms with Crippen molar-refractivity contribution in [2.45, 2.75) is 5.60 Å². The van der Waals surface area contributed by atoms with E-state index >= 15 is 0 Å². The van der Waals surface area contributed by atoms with Crippen LogP contribution in [0.1, 0.15) is 0 Å². The normalized spacial score (nSPS) is 20.1. The van der Waals surface area contributed by atoms with Crippen LogP contribution >= 0.6 is 11.3 Å². The first-order valence-corrected chi connectivity index (χ1v) is 4.73. The standard InChI is InChI=1S/C7H11N3OS/c11-7(3-8-4-7)5-10-6-9-1-2-12-6/h1-2,8,11H,3-5H2,(H,9,10). The Balaban J connectivity index is 1.82. The fourth-order valence-electron chi connectivity index (χ4n) is 1.09. The first-order chi connectivity index (χ1) is 5.79. The van der Waals surface area contributed by atoms with Gasteiger partial charge in [-0.1, -0.05) is 0 Å². The lowest BCUT2D eigenvalue weighted by Gasteiger charge is -2.37. The van der Waals surface area contributed by atoms with Gasteiger partial charge in [-0.2, -0.15) is 0 Å². The Morgan fingerprint density at radius 3 is 3.08 bits per heavy atom. The van der Waals surface area contributed by atoms with Gasteiger partial charge in [-0.15, -0.1) is 11.3 Å². The Morgan fingerprint density at radius 1 is 1.75 bits per heavy atom. The number of nitrogens with zero attached hydrogens (tertiary/aromatic N) is 1. The third-order valence-corrected chi connectivity index (χ3v) is 2.64. The van der Waals surface area contributed by atoms with E-state index in [0.29, 0.717) is 19.6 Å². The SMILES string of the molecule is OC1(CNc2nccs2)CNC1. The molecule has 12 heavy (non-hydrogen) atoms. The van der Waals surface area contributed by atoms with Gasteiger partial charge in [0.2, 0.25) is 0 Å². The maximum Gasteiger partial charge on any atom is 0.182 e. The predicted molar refractivity (Wildman–Crippen MR) is 48.4 cm³/mol. The summed E-state index contributed by atoms with van der Waals surface area (Å²) in [6.07, 6.45) is 1.75. The Labute approximate surface area is 74.6 Å². The van der Waals surface area contributed by atoms with Crippen molar-refractivity contribution in [2.75, 3.05) is 25.0 Å². The molecule has 0 atom stereocenters. The van der Waals surface area contributed by atoms with Crippen molar-refractivity contribution < 1.29 is 5.11 Å². The van der Waals surface area contributed by atoms with Crippen molar-refractivity contribution in [2.24, 2.45) is 0 Å². The molecule has 4 nitrogen and oxygen atoms in total. The number of aromatic nitrogens is 1. The quantitative estimate of drug-likeness (QED) is 0.615. The highest BCUT2D eigenvalue weighted by atomic mass is 32.1. The molecule has 0 bridgehead atoms. The second-order valence-corrected chi connectivity index (χ2v) is 3.91. The smallest absolute Gasteiger partial charge is 0.182 e. The zero-order valence-corrected chi connectivity index (χ0v) is 7.40. The number of aliphatic hydroxyl groups is 1. The molecule has 1 aromatic heterocycles. The van der Waals surface area contributed by atoms with E-state index in [1.54, 1.807) is 17.5 Å². The molecule has 0 aliphatic carbocycles. The average Bonchev–Trinajstić information content (AvgIpc) is 2.49. The Morgan fingerprint density at radius 2 is 2.58 bits per heavy atom. The van der Waals surface area contributed by atoms with Gasteiger partial charge in [0.1, 0.15) is 5.60 Å². The average molecular weight is 185 g/mol. The summed E-state index contributed by atoms with van der Waals surface area (Å²) in [5, 5.41) is 18.5. The highest BCUT2D eigenvalue weighted by Gasteiger charge is 2.33. The lowest BCUT2D eigenvalue weighted by atomic mass is 9.98. The van der Waals surface area contributed by atoms with Crippen molar-refractivity contribution in [3.63, 3.8) is 0 Å². The fourth-order valence-corrected chi connectivity index (χ4v) is 1.62. The van der Waals surface area contributed by atoms with Crippen LogP contribution in [0.5, 0.6) is 0 Å². The van der Waals surface area contributed by atoms with Gasteiger partial charge >= 0.3 is 0 Å². The van der Waals surface area contributed by atoms with Crippen molar-refractivity contribution >= 4 is 16.5 Å². The van der Waals surface area contributed by atoms with Crippen LogP contribution in [0.3, 0.4) is 0 Å². The lowest BCUT2D eigenvalue weighted by molar-refractivity contribution is 0.00313. The molecule has 2 rings (SSSR count). The minimum Gasteiger partial charge on any atom is -0.385 e. The van der Waals surface area contributed by atoms with Crippen LogP contribution in [0.4, 0.5) is 5.13 Å². The number of rotatable bonds is 3. The second-order valence-electron chi connectivity index (χ2n) is 3.02. The van der Waals surface area contributed by atoms with E-state index in [2.05, 4.69) is 15.6 Å². The minimum absolute atomic E-state index is 0.564. The minimum atomic E-state index is -0.564. The van der Waals surface area contributed by atoms with Gasteiger partial charge in [-0.25, -0.2) is 4.98 Å². The Kier molecular flexibility index (Phi) is 2.00. The topological polar surface area (TPSA) is 57.2 Å². The van der Waals surface area contributed by atoms with Crippen LogP contribution in [-0.2, 0) is 0 Å². The maximum atomic E-state index is 9.66. The number of nitrogens with one attached hydrogen (secondary N) is 2. The van der Waals surface area contributed by atoms with E-state index in [4.69, 9.17) is 0 Å². The molecular formula is C7H11N3OS. The van der Waals surface area contributed by atoms with Crippen LogP contribution in [-0.4, -0.2) is 35.3 Å². The largest absolute Gasteiger partial charge is 0.385 e. The zero-order valence-electron chi connectivity index (χ0n) is 6.58. The molecule has 0 saturated carbocycles. The van der Waals surface area contributed by atoms with E-state index in [-0.39, 0.29) is 0 Å². The van der Waals surface area contributed by atoms with Crippen LogP contribution < -0.4 is 10.6 Å². The fraction of sp³-hybridized carbons (Fsp3) is 0.571. The van der Waals surface area contributed by atoms with Crippen LogP contribution in [0.2, 0.25) is 0 Å². The maximum absolute atomic E-state index is 9.66. The van der Waals surface area contributed by atoms with Crippen LogP contribution in [0.15, 0.2) is 11.6 Å². The van der Waals surface area contributed by atoms with Crippen LogP contribution in [0.25, 0.3) is 0 Å². The molecule has 1 fully saturated rings. The van der Waals surface area contributed by atoms with Gasteiger partial charge in [0, 0.05) is 31.2 Å². The van der Waals surface area contributed by atoms with Gasteiger partial charge in [0.15, 0.2) is 5.13 Å². The van der Waals surface area contributed by atoms with E-state index in [0.717, 1.165) is 5.13 Å². The highest BCUT2D eigenvalue weighted by Crippen LogP contribution is 2.14. The van der Waals surface area contributed by atoms with Gasteiger partial charge in [0.05, 0.1) is 0 Å². The second kappa shape index (κ2) is 3.01. The van der Waals surface area contributed by atoms with Gasteiger partial charge in [-0.3, -0.25) is 0 Å². The highest BCUT2D eigenvalue weighted by molar-refractivity contribution is 7.13. The summed E-state index contributed by atoms with van der Waals surface area (Å²) in [6.45, 7) is 1.92.